The van der Waals surface area contributed by atoms with E-state index in [1.807, 2.05) is 40.1 Å². The third-order valence-corrected chi connectivity index (χ3v) is 14.6. The zero-order valence-corrected chi connectivity index (χ0v) is 50.2. The van der Waals surface area contributed by atoms with Gasteiger partial charge in [-0.15, -0.1) is 0 Å². The van der Waals surface area contributed by atoms with Gasteiger partial charge in [-0.25, -0.2) is 4.79 Å². The van der Waals surface area contributed by atoms with E-state index >= 15 is 0 Å². The second kappa shape index (κ2) is 38.7. The van der Waals surface area contributed by atoms with Crippen LogP contribution >= 0.6 is 0 Å². The van der Waals surface area contributed by atoms with Crippen molar-refractivity contribution in [3.63, 3.8) is 0 Å². The molecule has 1 fully saturated rings. The maximum Gasteiger partial charge on any atom is 0.321 e. The van der Waals surface area contributed by atoms with Crippen LogP contribution in [0.4, 0.5) is 4.79 Å². The Morgan fingerprint density at radius 3 is 1.74 bits per heavy atom. The molecule has 28 heteroatoms. The van der Waals surface area contributed by atoms with Gasteiger partial charge in [0.05, 0.1) is 32.8 Å². The molecular formula is C60H88N14O14. The van der Waals surface area contributed by atoms with Crippen molar-refractivity contribution in [2.24, 2.45) is 10.7 Å². The van der Waals surface area contributed by atoms with E-state index in [0.717, 1.165) is 16.7 Å². The summed E-state index contributed by atoms with van der Waals surface area (Å²) in [6, 6.07) is 19.0. The number of phenolic OH excluding ortho intramolecular Hbond substituents is 1. The van der Waals surface area contributed by atoms with E-state index < -0.39 is 47.8 Å². The molecule has 28 nitrogen and oxygen atoms in total. The summed E-state index contributed by atoms with van der Waals surface area (Å²) in [7, 11) is 0. The van der Waals surface area contributed by atoms with E-state index in [2.05, 4.69) is 42.2 Å². The lowest BCUT2D eigenvalue weighted by Crippen LogP contribution is -2.50. The second-order valence-electron chi connectivity index (χ2n) is 21.6. The number of fused-ring (bicyclic) bond motifs is 1. The molecule has 0 saturated carbocycles. The van der Waals surface area contributed by atoms with E-state index in [0.29, 0.717) is 102 Å². The van der Waals surface area contributed by atoms with Gasteiger partial charge in [0.2, 0.25) is 29.5 Å². The number of aliphatic imine (C=N–C) groups is 1. The number of carbonyl (C=O) groups is 9. The number of unbranched alkanes of at least 4 members (excludes halogenated alkanes) is 2. The number of nitrogens with two attached hydrogens (primary N) is 1. The zero-order valence-electron chi connectivity index (χ0n) is 50.2. The number of guanidine groups is 1. The molecule has 7 amide bonds. The average molecular weight is 1230 g/mol. The molecule has 1 saturated heterocycles. The first-order valence-corrected chi connectivity index (χ1v) is 29.9. The highest BCUT2D eigenvalue weighted by Gasteiger charge is 2.35. The number of carboxylic acids is 3. The fraction of sp³-hybridized carbons (Fsp3) is 0.533. The SMILES string of the molecule is CCC(=O)NCCNC(=O)NC(N)=NCCC[C@@H](NC(=O)[C@H](c1cccc(OCCCNC(=O)CCCCCNC(=O)CN2CCN(CC(=O)O)CCN(CC(=O)O)CCN(CC(=O)O)CC2)c1)N1Cc2ccccc2C1)C(=O)NCc1ccc(O)cc1. The van der Waals surface area contributed by atoms with E-state index in [-0.39, 0.29) is 127 Å². The van der Waals surface area contributed by atoms with Crippen LogP contribution in [0.3, 0.4) is 0 Å². The van der Waals surface area contributed by atoms with Gasteiger partial charge >= 0.3 is 23.9 Å². The second-order valence-corrected chi connectivity index (χ2v) is 21.6. The topological polar surface area (TPSA) is 383 Å². The molecule has 0 aromatic heterocycles. The summed E-state index contributed by atoms with van der Waals surface area (Å²) < 4.78 is 6.15. The molecule has 5 rings (SSSR count). The minimum Gasteiger partial charge on any atom is -0.508 e. The van der Waals surface area contributed by atoms with Gasteiger partial charge in [-0.05, 0) is 78.6 Å². The van der Waals surface area contributed by atoms with Crippen molar-refractivity contribution in [2.45, 2.75) is 90.0 Å². The molecule has 0 unspecified atom stereocenters. The van der Waals surface area contributed by atoms with Crippen molar-refractivity contribution in [1.29, 1.82) is 0 Å². The Hall–Kier alpha value is -8.44. The Labute approximate surface area is 512 Å². The van der Waals surface area contributed by atoms with Crippen LogP contribution in [0, 0.1) is 0 Å². The highest BCUT2D eigenvalue weighted by atomic mass is 16.5. The Bertz CT molecular complexity index is 2730. The molecule has 0 radical (unpaired) electrons. The lowest BCUT2D eigenvalue weighted by Gasteiger charge is -2.32. The summed E-state index contributed by atoms with van der Waals surface area (Å²) in [4.78, 5) is 126. The molecule has 3 aromatic rings. The fourth-order valence-electron chi connectivity index (χ4n) is 9.93. The van der Waals surface area contributed by atoms with Gasteiger partial charge in [-0.1, -0.05) is 61.9 Å². The molecule has 2 aliphatic rings. The number of amides is 7. The molecular weight excluding hydrogens is 1140 g/mol. The summed E-state index contributed by atoms with van der Waals surface area (Å²) in [5.41, 5.74) is 9.47. The highest BCUT2D eigenvalue weighted by Crippen LogP contribution is 2.33. The Kier molecular flexibility index (Phi) is 30.9. The van der Waals surface area contributed by atoms with Crippen molar-refractivity contribution in [1.82, 2.24) is 61.7 Å². The number of nitrogens with one attached hydrogen (secondary N) is 7. The molecule has 88 heavy (non-hydrogen) atoms. The molecule has 2 aliphatic heterocycles. The zero-order chi connectivity index (χ0) is 63.6. The van der Waals surface area contributed by atoms with Crippen molar-refractivity contribution in [3.8, 4) is 11.5 Å². The van der Waals surface area contributed by atoms with Crippen LogP contribution < -0.4 is 47.7 Å². The van der Waals surface area contributed by atoms with Crippen molar-refractivity contribution >= 4 is 59.4 Å². The van der Waals surface area contributed by atoms with Gasteiger partial charge in [-0.3, -0.25) is 73.2 Å². The van der Waals surface area contributed by atoms with E-state index in [1.165, 1.54) is 12.1 Å². The summed E-state index contributed by atoms with van der Waals surface area (Å²) in [6.07, 6.45) is 3.44. The van der Waals surface area contributed by atoms with Crippen LogP contribution in [-0.4, -0.2) is 228 Å². The third kappa shape index (κ3) is 27.5. The van der Waals surface area contributed by atoms with Crippen molar-refractivity contribution < 1.29 is 68.3 Å². The summed E-state index contributed by atoms with van der Waals surface area (Å²) in [6.45, 7) is 5.87. The quantitative estimate of drug-likeness (QED) is 0.0216. The monoisotopic (exact) mass is 1230 g/mol. The van der Waals surface area contributed by atoms with Crippen LogP contribution in [-0.2, 0) is 58.0 Å². The Morgan fingerprint density at radius 1 is 0.591 bits per heavy atom. The highest BCUT2D eigenvalue weighted by molar-refractivity contribution is 5.95. The number of urea groups is 1. The fourth-order valence-corrected chi connectivity index (χ4v) is 9.93. The van der Waals surface area contributed by atoms with E-state index in [1.54, 1.807) is 52.0 Å². The molecule has 2 heterocycles. The number of hydrogen-bond acceptors (Lipinski definition) is 17. The van der Waals surface area contributed by atoms with Gasteiger partial charge in [0.25, 0.3) is 0 Å². The number of rotatable bonds is 34. The first-order chi connectivity index (χ1) is 42.3. The van der Waals surface area contributed by atoms with Gasteiger partial charge in [-0.2, -0.15) is 0 Å². The molecule has 482 valence electrons. The minimum absolute atomic E-state index is 0.00901. The Morgan fingerprint density at radius 2 is 1.15 bits per heavy atom. The van der Waals surface area contributed by atoms with Crippen molar-refractivity contribution in [3.05, 3.63) is 95.1 Å². The number of aromatic hydroxyl groups is 1. The molecule has 0 aliphatic carbocycles. The van der Waals surface area contributed by atoms with E-state index in [9.17, 15) is 63.6 Å². The molecule has 0 bridgehead atoms. The third-order valence-electron chi connectivity index (χ3n) is 14.6. The summed E-state index contributed by atoms with van der Waals surface area (Å²) >= 11 is 0. The van der Waals surface area contributed by atoms with Crippen LogP contribution in [0.15, 0.2) is 77.8 Å². The maximum atomic E-state index is 14.7. The lowest BCUT2D eigenvalue weighted by molar-refractivity contribution is -0.140. The number of hydrogen-bond donors (Lipinski definition) is 12. The van der Waals surface area contributed by atoms with Crippen LogP contribution in [0.1, 0.15) is 86.6 Å². The normalized spacial score (nSPS) is 15.4. The number of phenols is 1. The predicted octanol–water partition coefficient (Wildman–Crippen LogP) is 0.208. The molecule has 3 aromatic carbocycles. The lowest BCUT2D eigenvalue weighted by atomic mass is 10.0. The molecule has 2 atom stereocenters. The van der Waals surface area contributed by atoms with Gasteiger partial charge < -0.3 is 62.8 Å². The number of aliphatic carboxylic acids is 3. The smallest absolute Gasteiger partial charge is 0.321 e. The first kappa shape index (κ1) is 70.3. The number of benzene rings is 3. The Balaban J connectivity index is 1.09. The van der Waals surface area contributed by atoms with Crippen LogP contribution in [0.2, 0.25) is 0 Å². The summed E-state index contributed by atoms with van der Waals surface area (Å²) in [5, 5.41) is 57.7. The van der Waals surface area contributed by atoms with Gasteiger partial charge in [0.1, 0.15) is 23.6 Å². The number of ether oxygens (including phenoxy) is 1. The van der Waals surface area contributed by atoms with Crippen LogP contribution in [0.5, 0.6) is 11.5 Å². The standard InChI is InChI=1S/C60H88N14O14/c1-2-50(76)64-24-25-66-60(87)69-59(61)65-22-9-15-49(57(85)67-36-43-17-19-47(75)20-18-43)68-58(86)56(74-37-45-11-5-6-12-46(45)38-74)44-13-8-14-48(35-44)88-34-10-23-62-51(77)16-4-3-7-21-63-52(78)39-70-26-28-71(40-53(79)80)30-32-73(42-55(83)84)33-31-72(29-27-70)41-54(81)82/h5-6,8,11-14,17-20,35,49,56,75H,2-4,7,9-10,15-16,21-34,36-42H2,1H3,(H,62,77)(H,63,78)(H,64,76)(H,67,85)(H,68,86)(H,79,80)(H,81,82)(H,83,84)(H4,61,65,66,69,87)/t49-,56+/m1/s1. The predicted molar refractivity (Wildman–Crippen MR) is 326 cm³/mol. The first-order valence-electron chi connectivity index (χ1n) is 29.9. The number of nitrogens with zero attached hydrogens (tertiary/aromatic N) is 6. The maximum absolute atomic E-state index is 14.7. The largest absolute Gasteiger partial charge is 0.508 e. The summed E-state index contributed by atoms with van der Waals surface area (Å²) in [5.74, 6) is -4.07. The van der Waals surface area contributed by atoms with Crippen molar-refractivity contribution in [2.75, 3.05) is 118 Å². The molecule has 13 N–H and O–H groups in total. The average Bonchev–Trinajstić information content (AvgIpc) is 2.06. The minimum atomic E-state index is -1.04. The van der Waals surface area contributed by atoms with Gasteiger partial charge in [0.15, 0.2) is 5.96 Å². The number of carbonyl (C=O) groups excluding carboxylic acids is 6. The van der Waals surface area contributed by atoms with Crippen LogP contribution in [0.25, 0.3) is 0 Å². The number of carboxylic acid groups (broad SMARTS) is 3. The van der Waals surface area contributed by atoms with Gasteiger partial charge in [0, 0.05) is 118 Å². The molecule has 0 spiro atoms. The van der Waals surface area contributed by atoms with E-state index in [4.69, 9.17) is 10.5 Å².